The molecule has 0 radical (unpaired) electrons. The van der Waals surface area contributed by atoms with Gasteiger partial charge in [0.05, 0.1) is 0 Å². The lowest BCUT2D eigenvalue weighted by Gasteiger charge is -2.18. The number of carbonyl (C=O) groups excluding carboxylic acids is 1. The lowest BCUT2D eigenvalue weighted by atomic mass is 9.85. The van der Waals surface area contributed by atoms with Gasteiger partial charge >= 0.3 is 0 Å². The third-order valence-corrected chi connectivity index (χ3v) is 3.29. The third-order valence-electron chi connectivity index (χ3n) is 3.29. The molecular weight excluding hydrogens is 160 g/mol. The zero-order valence-electron chi connectivity index (χ0n) is 8.13. The smallest absolute Gasteiger partial charge is 0.181 e. The van der Waals surface area contributed by atoms with Gasteiger partial charge in [0.1, 0.15) is 0 Å². The highest BCUT2D eigenvalue weighted by atomic mass is 16.1. The molecule has 0 aromatic heterocycles. The monoisotopic (exact) mass is 174 g/mol. The van der Waals surface area contributed by atoms with Crippen LogP contribution in [-0.2, 0) is 4.79 Å². The van der Waals surface area contributed by atoms with Crippen LogP contribution in [0.2, 0.25) is 0 Å². The summed E-state index contributed by atoms with van der Waals surface area (Å²) in [4.78, 5) is 11.3. The highest BCUT2D eigenvalue weighted by Gasteiger charge is 2.53. The summed E-state index contributed by atoms with van der Waals surface area (Å²) in [6.45, 7) is 7.75. The molecule has 1 saturated carbocycles. The van der Waals surface area contributed by atoms with Gasteiger partial charge in [-0.25, -0.2) is 0 Å². The molecule has 2 aliphatic carbocycles. The minimum Gasteiger partial charge on any atom is -0.290 e. The largest absolute Gasteiger partial charge is 0.290 e. The Morgan fingerprint density at radius 1 is 1.62 bits per heavy atom. The zero-order chi connectivity index (χ0) is 9.64. The van der Waals surface area contributed by atoms with Gasteiger partial charge in [-0.2, -0.15) is 0 Å². The molecule has 0 heterocycles. The molecule has 0 bridgehead atoms. The summed E-state index contributed by atoms with van der Waals surface area (Å²) in [5.41, 5.74) is 2.25. The van der Waals surface area contributed by atoms with Gasteiger partial charge in [-0.05, 0) is 37.8 Å². The first kappa shape index (κ1) is 8.49. The second-order valence-electron chi connectivity index (χ2n) is 4.11. The maximum atomic E-state index is 11.3. The fourth-order valence-electron chi connectivity index (χ4n) is 2.23. The van der Waals surface area contributed by atoms with E-state index >= 15 is 0 Å². The van der Waals surface area contributed by atoms with Crippen molar-refractivity contribution in [2.75, 3.05) is 0 Å². The number of rotatable bonds is 1. The van der Waals surface area contributed by atoms with Crippen LogP contribution >= 0.6 is 0 Å². The lowest BCUT2D eigenvalue weighted by molar-refractivity contribution is -0.111. The Kier molecular flexibility index (Phi) is 1.59. The van der Waals surface area contributed by atoms with Gasteiger partial charge in [-0.3, -0.25) is 4.79 Å². The van der Waals surface area contributed by atoms with Gasteiger partial charge in [0.2, 0.25) is 0 Å². The van der Waals surface area contributed by atoms with E-state index in [9.17, 15) is 4.79 Å². The molecule has 0 amide bonds. The number of hydrogen-bond acceptors (Lipinski definition) is 1. The van der Waals surface area contributed by atoms with Crippen LogP contribution < -0.4 is 0 Å². The fraction of sp³-hybridized carbons (Fsp3) is 0.417. The van der Waals surface area contributed by atoms with Crippen molar-refractivity contribution in [2.45, 2.75) is 20.3 Å². The van der Waals surface area contributed by atoms with Crippen LogP contribution in [0.25, 0.3) is 0 Å². The van der Waals surface area contributed by atoms with E-state index in [2.05, 4.69) is 12.7 Å². The predicted octanol–water partition coefficient (Wildman–Crippen LogP) is 2.65. The standard InChI is InChI=1S/C12H14O/c1-4-10-7-12(10)6-8(2)11(13)5-9(12)3/h4-6,10H,1,7H2,2-3H3. The topological polar surface area (TPSA) is 17.1 Å². The van der Waals surface area contributed by atoms with E-state index < -0.39 is 0 Å². The maximum absolute atomic E-state index is 11.3. The van der Waals surface area contributed by atoms with E-state index in [0.29, 0.717) is 5.92 Å². The zero-order valence-corrected chi connectivity index (χ0v) is 8.13. The van der Waals surface area contributed by atoms with Crippen LogP contribution in [0.5, 0.6) is 0 Å². The van der Waals surface area contributed by atoms with Gasteiger partial charge < -0.3 is 0 Å². The van der Waals surface area contributed by atoms with Gasteiger partial charge in [-0.15, -0.1) is 6.58 Å². The van der Waals surface area contributed by atoms with Crippen LogP contribution in [0.3, 0.4) is 0 Å². The number of allylic oxidation sites excluding steroid dienone is 5. The molecule has 0 aliphatic heterocycles. The quantitative estimate of drug-likeness (QED) is 0.558. The van der Waals surface area contributed by atoms with E-state index in [4.69, 9.17) is 0 Å². The Morgan fingerprint density at radius 2 is 2.31 bits per heavy atom. The summed E-state index contributed by atoms with van der Waals surface area (Å²) >= 11 is 0. The third kappa shape index (κ3) is 1.03. The van der Waals surface area contributed by atoms with Gasteiger partial charge in [-0.1, -0.05) is 17.7 Å². The Hall–Kier alpha value is -1.11. The van der Waals surface area contributed by atoms with Crippen molar-refractivity contribution in [1.82, 2.24) is 0 Å². The molecule has 68 valence electrons. The van der Waals surface area contributed by atoms with Crippen molar-refractivity contribution in [1.29, 1.82) is 0 Å². The molecule has 2 atom stereocenters. The molecule has 1 nitrogen and oxygen atoms in total. The Balaban J connectivity index is 2.38. The average molecular weight is 174 g/mol. The number of ketones is 1. The lowest BCUT2D eigenvalue weighted by Crippen LogP contribution is -2.12. The van der Waals surface area contributed by atoms with Crippen molar-refractivity contribution in [3.05, 3.63) is 36.0 Å². The first-order valence-electron chi connectivity index (χ1n) is 4.65. The molecule has 1 spiro atoms. The van der Waals surface area contributed by atoms with E-state index in [1.807, 2.05) is 19.9 Å². The molecule has 2 aliphatic rings. The molecule has 13 heavy (non-hydrogen) atoms. The minimum absolute atomic E-state index is 0.165. The van der Waals surface area contributed by atoms with E-state index in [-0.39, 0.29) is 11.2 Å². The van der Waals surface area contributed by atoms with Crippen molar-refractivity contribution in [2.24, 2.45) is 11.3 Å². The van der Waals surface area contributed by atoms with Crippen LogP contribution in [-0.4, -0.2) is 5.78 Å². The first-order valence-corrected chi connectivity index (χ1v) is 4.65. The average Bonchev–Trinajstić information content (AvgIpc) is 2.77. The second kappa shape index (κ2) is 2.44. The molecule has 0 N–H and O–H groups in total. The molecule has 2 rings (SSSR count). The summed E-state index contributed by atoms with van der Waals surface area (Å²) in [5.74, 6) is 0.713. The van der Waals surface area contributed by atoms with Crippen LogP contribution in [0.15, 0.2) is 36.0 Å². The fourth-order valence-corrected chi connectivity index (χ4v) is 2.23. The van der Waals surface area contributed by atoms with Crippen molar-refractivity contribution >= 4 is 5.78 Å². The second-order valence-corrected chi connectivity index (χ2v) is 4.11. The highest BCUT2D eigenvalue weighted by molar-refractivity contribution is 6.05. The summed E-state index contributed by atoms with van der Waals surface area (Å²) in [7, 11) is 0. The van der Waals surface area contributed by atoms with Crippen LogP contribution in [0.4, 0.5) is 0 Å². The highest BCUT2D eigenvalue weighted by Crippen LogP contribution is 2.60. The van der Waals surface area contributed by atoms with Gasteiger partial charge in [0.25, 0.3) is 0 Å². The van der Waals surface area contributed by atoms with Crippen molar-refractivity contribution < 1.29 is 4.79 Å². The Bertz CT molecular complexity index is 346. The SMILES string of the molecule is C=CC1CC12C=C(C)C(=O)C=C2C. The number of carbonyl (C=O) groups is 1. The maximum Gasteiger partial charge on any atom is 0.181 e. The van der Waals surface area contributed by atoms with Crippen LogP contribution in [0, 0.1) is 11.3 Å². The molecule has 0 saturated heterocycles. The van der Waals surface area contributed by atoms with Gasteiger partial charge in [0.15, 0.2) is 5.78 Å². The summed E-state index contributed by atoms with van der Waals surface area (Å²) in [5, 5.41) is 0. The number of hydrogen-bond donors (Lipinski definition) is 0. The summed E-state index contributed by atoms with van der Waals surface area (Å²) < 4.78 is 0. The normalized spacial score (nSPS) is 37.1. The van der Waals surface area contributed by atoms with Crippen molar-refractivity contribution in [3.63, 3.8) is 0 Å². The van der Waals surface area contributed by atoms with Crippen molar-refractivity contribution in [3.8, 4) is 0 Å². The summed E-state index contributed by atoms with van der Waals surface area (Å²) in [6.07, 6.45) is 7.02. The van der Waals surface area contributed by atoms with Gasteiger partial charge in [0, 0.05) is 5.41 Å². The molecule has 1 fully saturated rings. The summed E-state index contributed by atoms with van der Waals surface area (Å²) in [6, 6.07) is 0. The molecule has 0 aromatic rings. The molecule has 2 unspecified atom stereocenters. The minimum atomic E-state index is 0.165. The first-order chi connectivity index (χ1) is 6.10. The van der Waals surface area contributed by atoms with E-state index in [1.165, 1.54) is 5.57 Å². The predicted molar refractivity (Wildman–Crippen MR) is 53.3 cm³/mol. The Morgan fingerprint density at radius 3 is 2.85 bits per heavy atom. The Labute approximate surface area is 78.8 Å². The molecule has 0 aromatic carbocycles. The van der Waals surface area contributed by atoms with E-state index in [0.717, 1.165) is 12.0 Å². The molecular formula is C12H14O. The molecule has 1 heteroatoms. The van der Waals surface area contributed by atoms with E-state index in [1.54, 1.807) is 6.08 Å². The van der Waals surface area contributed by atoms with Crippen LogP contribution in [0.1, 0.15) is 20.3 Å².